The van der Waals surface area contributed by atoms with E-state index in [0.717, 1.165) is 12.8 Å². The molecule has 0 aliphatic carbocycles. The van der Waals surface area contributed by atoms with Crippen molar-refractivity contribution in [1.29, 1.82) is 0 Å². The maximum absolute atomic E-state index is 11.4. The topological polar surface area (TPSA) is 43.4 Å². The van der Waals surface area contributed by atoms with E-state index in [1.165, 1.54) is 6.08 Å². The van der Waals surface area contributed by atoms with Gasteiger partial charge >= 0.3 is 5.97 Å². The minimum atomic E-state index is -0.435. The summed E-state index contributed by atoms with van der Waals surface area (Å²) in [5, 5.41) is 0. The van der Waals surface area contributed by atoms with E-state index in [0.29, 0.717) is 18.6 Å². The Morgan fingerprint density at radius 2 is 1.93 bits per heavy atom. The molecule has 0 aromatic carbocycles. The molecule has 0 unspecified atom stereocenters. The van der Waals surface area contributed by atoms with Crippen LogP contribution in [0.2, 0.25) is 0 Å². The van der Waals surface area contributed by atoms with Crippen molar-refractivity contribution in [2.24, 2.45) is 0 Å². The summed E-state index contributed by atoms with van der Waals surface area (Å²) in [4.78, 5) is 22.3. The number of ketones is 1. The van der Waals surface area contributed by atoms with Crippen LogP contribution in [0.4, 0.5) is 0 Å². The van der Waals surface area contributed by atoms with E-state index in [-0.39, 0.29) is 5.78 Å². The Hall–Kier alpha value is -1.12. The molecule has 0 aromatic heterocycles. The first-order valence-corrected chi connectivity index (χ1v) is 5.00. The maximum atomic E-state index is 11.4. The van der Waals surface area contributed by atoms with Gasteiger partial charge in [0.1, 0.15) is 0 Å². The van der Waals surface area contributed by atoms with E-state index < -0.39 is 5.97 Å². The molecule has 0 aliphatic rings. The van der Waals surface area contributed by atoms with Crippen LogP contribution in [-0.2, 0) is 14.3 Å². The van der Waals surface area contributed by atoms with Crippen molar-refractivity contribution in [3.8, 4) is 0 Å². The lowest BCUT2D eigenvalue weighted by Crippen LogP contribution is -2.05. The number of hydrogen-bond donors (Lipinski definition) is 0. The third-order valence-corrected chi connectivity index (χ3v) is 1.82. The van der Waals surface area contributed by atoms with E-state index in [2.05, 4.69) is 0 Å². The van der Waals surface area contributed by atoms with Crippen LogP contribution in [0.25, 0.3) is 0 Å². The molecular formula is C11H18O3. The minimum absolute atomic E-state index is 0.0277. The van der Waals surface area contributed by atoms with Crippen LogP contribution in [-0.4, -0.2) is 18.4 Å². The van der Waals surface area contributed by atoms with Gasteiger partial charge in [-0.2, -0.15) is 0 Å². The van der Waals surface area contributed by atoms with Crippen LogP contribution in [0.15, 0.2) is 11.6 Å². The Morgan fingerprint density at radius 3 is 2.43 bits per heavy atom. The number of esters is 1. The first-order valence-electron chi connectivity index (χ1n) is 5.00. The molecule has 0 heterocycles. The monoisotopic (exact) mass is 198 g/mol. The third kappa shape index (κ3) is 5.51. The van der Waals surface area contributed by atoms with Crippen molar-refractivity contribution < 1.29 is 14.3 Å². The largest absolute Gasteiger partial charge is 0.463 e. The Bertz CT molecular complexity index is 229. The van der Waals surface area contributed by atoms with Gasteiger partial charge in [0.15, 0.2) is 5.78 Å². The fourth-order valence-corrected chi connectivity index (χ4v) is 0.976. The molecule has 0 aromatic rings. The first kappa shape index (κ1) is 12.9. The van der Waals surface area contributed by atoms with Crippen molar-refractivity contribution in [2.45, 2.75) is 40.0 Å². The van der Waals surface area contributed by atoms with Gasteiger partial charge < -0.3 is 4.74 Å². The molecular weight excluding hydrogens is 180 g/mol. The van der Waals surface area contributed by atoms with Gasteiger partial charge in [-0.25, -0.2) is 4.79 Å². The lowest BCUT2D eigenvalue weighted by Gasteiger charge is -2.00. The third-order valence-electron chi connectivity index (χ3n) is 1.82. The molecule has 0 saturated heterocycles. The van der Waals surface area contributed by atoms with Crippen LogP contribution in [0, 0.1) is 0 Å². The fraction of sp³-hybridized carbons (Fsp3) is 0.636. The molecule has 0 amide bonds. The van der Waals surface area contributed by atoms with E-state index in [1.54, 1.807) is 13.8 Å². The molecule has 0 spiro atoms. The number of carbonyl (C=O) groups excluding carboxylic acids is 2. The molecule has 0 atom stereocenters. The summed E-state index contributed by atoms with van der Waals surface area (Å²) >= 11 is 0. The van der Waals surface area contributed by atoms with E-state index in [9.17, 15) is 9.59 Å². The van der Waals surface area contributed by atoms with E-state index in [1.807, 2.05) is 6.92 Å². The van der Waals surface area contributed by atoms with Crippen LogP contribution in [0.5, 0.6) is 0 Å². The normalized spacial score (nSPS) is 11.2. The zero-order valence-corrected chi connectivity index (χ0v) is 9.13. The number of hydrogen-bond acceptors (Lipinski definition) is 3. The molecule has 80 valence electrons. The van der Waals surface area contributed by atoms with Gasteiger partial charge in [0.2, 0.25) is 0 Å². The second-order valence-corrected chi connectivity index (χ2v) is 3.11. The quantitative estimate of drug-likeness (QED) is 0.485. The lowest BCUT2D eigenvalue weighted by molar-refractivity contribution is -0.137. The van der Waals surface area contributed by atoms with Gasteiger partial charge in [-0.3, -0.25) is 4.79 Å². The van der Waals surface area contributed by atoms with Crippen molar-refractivity contribution in [3.05, 3.63) is 11.6 Å². The average Bonchev–Trinajstić information content (AvgIpc) is 2.14. The summed E-state index contributed by atoms with van der Waals surface area (Å²) in [7, 11) is 0. The summed E-state index contributed by atoms with van der Waals surface area (Å²) < 4.78 is 4.70. The predicted octanol–water partition coefficient (Wildman–Crippen LogP) is 2.26. The zero-order valence-electron chi connectivity index (χ0n) is 9.13. The zero-order chi connectivity index (χ0) is 11.0. The van der Waals surface area contributed by atoms with Gasteiger partial charge in [0, 0.05) is 12.5 Å². The van der Waals surface area contributed by atoms with Crippen LogP contribution in [0.1, 0.15) is 40.0 Å². The number of rotatable bonds is 6. The van der Waals surface area contributed by atoms with Crippen LogP contribution >= 0.6 is 0 Å². The standard InChI is InChI=1S/C11H18O3/c1-4-6-7-10(12)9(3)8-11(13)14-5-2/h8H,4-7H2,1-3H3. The van der Waals surface area contributed by atoms with Crippen molar-refractivity contribution >= 4 is 11.8 Å². The number of allylic oxidation sites excluding steroid dienone is 1. The molecule has 3 nitrogen and oxygen atoms in total. The number of ether oxygens (including phenoxy) is 1. The Kier molecular flexibility index (Phi) is 6.72. The van der Waals surface area contributed by atoms with Crippen molar-refractivity contribution in [1.82, 2.24) is 0 Å². The fourth-order valence-electron chi connectivity index (χ4n) is 0.976. The second-order valence-electron chi connectivity index (χ2n) is 3.11. The Morgan fingerprint density at radius 1 is 1.29 bits per heavy atom. The highest BCUT2D eigenvalue weighted by atomic mass is 16.5. The smallest absolute Gasteiger partial charge is 0.331 e. The lowest BCUT2D eigenvalue weighted by atomic mass is 10.1. The minimum Gasteiger partial charge on any atom is -0.463 e. The van der Waals surface area contributed by atoms with Crippen molar-refractivity contribution in [2.75, 3.05) is 6.61 Å². The average molecular weight is 198 g/mol. The highest BCUT2D eigenvalue weighted by Crippen LogP contribution is 2.04. The summed E-state index contributed by atoms with van der Waals surface area (Å²) in [6.07, 6.45) is 3.63. The molecule has 0 N–H and O–H groups in total. The first-order chi connectivity index (χ1) is 6.61. The van der Waals surface area contributed by atoms with Crippen molar-refractivity contribution in [3.63, 3.8) is 0 Å². The van der Waals surface area contributed by atoms with Gasteiger partial charge in [0.25, 0.3) is 0 Å². The molecule has 0 rings (SSSR count). The Balaban J connectivity index is 4.08. The highest BCUT2D eigenvalue weighted by Gasteiger charge is 2.06. The van der Waals surface area contributed by atoms with Crippen LogP contribution in [0.3, 0.4) is 0 Å². The number of unbranched alkanes of at least 4 members (excludes halogenated alkanes) is 1. The van der Waals surface area contributed by atoms with Gasteiger partial charge in [-0.05, 0) is 25.8 Å². The number of Topliss-reactive ketones (excluding diaryl/α,β-unsaturated/α-hetero) is 1. The van der Waals surface area contributed by atoms with Gasteiger partial charge in [-0.15, -0.1) is 0 Å². The SMILES string of the molecule is CCCCC(=O)C(C)=CC(=O)OCC. The molecule has 0 bridgehead atoms. The van der Waals surface area contributed by atoms with E-state index >= 15 is 0 Å². The summed E-state index contributed by atoms with van der Waals surface area (Å²) in [5.41, 5.74) is 0.483. The molecule has 0 aliphatic heterocycles. The molecule has 3 heteroatoms. The summed E-state index contributed by atoms with van der Waals surface area (Å²) in [6, 6.07) is 0. The predicted molar refractivity (Wildman–Crippen MR) is 54.9 cm³/mol. The molecule has 0 saturated carbocycles. The molecule has 0 radical (unpaired) electrons. The van der Waals surface area contributed by atoms with Gasteiger partial charge in [0.05, 0.1) is 6.61 Å². The molecule has 0 fully saturated rings. The number of carbonyl (C=O) groups is 2. The maximum Gasteiger partial charge on any atom is 0.331 e. The molecule has 14 heavy (non-hydrogen) atoms. The summed E-state index contributed by atoms with van der Waals surface area (Å²) in [6.45, 7) is 5.75. The van der Waals surface area contributed by atoms with E-state index in [4.69, 9.17) is 4.74 Å². The highest BCUT2D eigenvalue weighted by molar-refractivity contribution is 6.00. The van der Waals surface area contributed by atoms with Gasteiger partial charge in [-0.1, -0.05) is 13.3 Å². The Labute approximate surface area is 85.1 Å². The second kappa shape index (κ2) is 7.30. The van der Waals surface area contributed by atoms with Crippen LogP contribution < -0.4 is 0 Å². The summed E-state index contributed by atoms with van der Waals surface area (Å²) in [5.74, 6) is -0.408.